The van der Waals surface area contributed by atoms with Crippen molar-refractivity contribution in [1.29, 1.82) is 0 Å². The predicted molar refractivity (Wildman–Crippen MR) is 220 cm³/mol. The molecule has 0 amide bonds. The van der Waals surface area contributed by atoms with Crippen molar-refractivity contribution in [2.24, 2.45) is 0 Å². The van der Waals surface area contributed by atoms with E-state index < -0.39 is 23.9 Å². The Morgan fingerprint density at radius 2 is 0.552 bits per heavy atom. The van der Waals surface area contributed by atoms with Gasteiger partial charge in [-0.05, 0) is 139 Å². The number of benzene rings is 8. The minimum atomic E-state index is -1.09. The highest BCUT2D eigenvalue weighted by Gasteiger charge is 2.23. The summed E-state index contributed by atoms with van der Waals surface area (Å²) in [6.07, 6.45) is 0. The lowest BCUT2D eigenvalue weighted by atomic mass is 9.85. The third kappa shape index (κ3) is 6.60. The largest absolute Gasteiger partial charge is 0.507 e. The van der Waals surface area contributed by atoms with E-state index in [0.717, 1.165) is 22.3 Å². The second kappa shape index (κ2) is 14.4. The van der Waals surface area contributed by atoms with Gasteiger partial charge in [0, 0.05) is 11.1 Å². The Bertz CT molecular complexity index is 2780. The topological polar surface area (TPSA) is 190 Å². The van der Waals surface area contributed by atoms with E-state index in [4.69, 9.17) is 0 Å². The van der Waals surface area contributed by atoms with Crippen LogP contribution >= 0.6 is 0 Å². The molecule has 0 atom stereocenters. The standard InChI is InChI=1S/C48H30O10/c49-41-23-37(27-5-13-31(14-6-27)47(55)56)39-21-33(25-1-9-29(10-2-25)45(51)52)17-19-35(39)43(41)44-36-20-18-34(26-3-11-30(12-4-26)46(53)54)22-40(36)38(24-42(44)50)28-7-15-32(16-8-28)48(57)58/h1-24,49-50H,(H,51,52)(H,53,54)(H,55,56)(H,57,58). The molecule has 0 aliphatic heterocycles. The average Bonchev–Trinajstić information content (AvgIpc) is 3.23. The van der Waals surface area contributed by atoms with Crippen molar-refractivity contribution in [1.82, 2.24) is 0 Å². The Morgan fingerprint density at radius 3 is 0.828 bits per heavy atom. The lowest BCUT2D eigenvalue weighted by molar-refractivity contribution is 0.0686. The summed E-state index contributed by atoms with van der Waals surface area (Å²) in [4.78, 5) is 46.5. The van der Waals surface area contributed by atoms with Crippen molar-refractivity contribution in [3.8, 4) is 67.1 Å². The van der Waals surface area contributed by atoms with Gasteiger partial charge in [0.25, 0.3) is 0 Å². The first kappa shape index (κ1) is 36.7. The fourth-order valence-electron chi connectivity index (χ4n) is 7.38. The molecule has 58 heavy (non-hydrogen) atoms. The summed E-state index contributed by atoms with van der Waals surface area (Å²) in [6.45, 7) is 0. The van der Waals surface area contributed by atoms with Crippen LogP contribution in [0.5, 0.6) is 11.5 Å². The molecule has 8 rings (SSSR count). The maximum Gasteiger partial charge on any atom is 0.335 e. The van der Waals surface area contributed by atoms with Gasteiger partial charge in [-0.25, -0.2) is 19.2 Å². The van der Waals surface area contributed by atoms with Crippen LogP contribution in [0.15, 0.2) is 146 Å². The molecule has 10 heteroatoms. The summed E-state index contributed by atoms with van der Waals surface area (Å²) in [5.41, 5.74) is 6.32. The minimum Gasteiger partial charge on any atom is -0.507 e. The number of phenolic OH excluding ortho intramolecular Hbond substituents is 2. The monoisotopic (exact) mass is 766 g/mol. The fourth-order valence-corrected chi connectivity index (χ4v) is 7.38. The van der Waals surface area contributed by atoms with E-state index >= 15 is 0 Å². The zero-order chi connectivity index (χ0) is 40.8. The maximum atomic E-state index is 12.0. The summed E-state index contributed by atoms with van der Waals surface area (Å²) in [7, 11) is 0. The van der Waals surface area contributed by atoms with Crippen molar-refractivity contribution < 1.29 is 49.8 Å². The molecule has 282 valence electrons. The van der Waals surface area contributed by atoms with E-state index in [2.05, 4.69) is 0 Å². The first-order chi connectivity index (χ1) is 27.9. The number of carbonyl (C=O) groups is 4. The number of rotatable bonds is 9. The lowest BCUT2D eigenvalue weighted by Crippen LogP contribution is -1.96. The molecule has 6 N–H and O–H groups in total. The van der Waals surface area contributed by atoms with Gasteiger partial charge in [-0.3, -0.25) is 0 Å². The summed E-state index contributed by atoms with van der Waals surface area (Å²) in [6, 6.07) is 39.4. The second-order valence-electron chi connectivity index (χ2n) is 13.7. The van der Waals surface area contributed by atoms with E-state index in [1.54, 1.807) is 60.7 Å². The van der Waals surface area contributed by atoms with Gasteiger partial charge in [-0.1, -0.05) is 72.8 Å². The predicted octanol–water partition coefficient (Wildman–Crippen LogP) is 10.5. The molecule has 0 aliphatic rings. The van der Waals surface area contributed by atoms with Crippen LogP contribution in [0.3, 0.4) is 0 Å². The Hall–Kier alpha value is -8.24. The highest BCUT2D eigenvalue weighted by molar-refractivity contribution is 6.17. The molecule has 8 aromatic rings. The van der Waals surface area contributed by atoms with Gasteiger partial charge in [0.2, 0.25) is 0 Å². The highest BCUT2D eigenvalue weighted by Crippen LogP contribution is 2.50. The molecule has 10 nitrogen and oxygen atoms in total. The van der Waals surface area contributed by atoms with Gasteiger partial charge in [-0.2, -0.15) is 0 Å². The van der Waals surface area contributed by atoms with Crippen molar-refractivity contribution in [3.05, 3.63) is 168 Å². The van der Waals surface area contributed by atoms with Crippen LogP contribution in [0, 0.1) is 0 Å². The molecular weight excluding hydrogens is 737 g/mol. The van der Waals surface area contributed by atoms with E-state index in [9.17, 15) is 49.8 Å². The van der Waals surface area contributed by atoms with Crippen molar-refractivity contribution in [2.75, 3.05) is 0 Å². The van der Waals surface area contributed by atoms with E-state index in [1.165, 1.54) is 48.5 Å². The summed E-state index contributed by atoms with van der Waals surface area (Å²) in [5.74, 6) is -4.65. The lowest BCUT2D eigenvalue weighted by Gasteiger charge is -2.20. The number of aromatic hydroxyl groups is 2. The van der Waals surface area contributed by atoms with E-state index in [0.29, 0.717) is 54.9 Å². The summed E-state index contributed by atoms with van der Waals surface area (Å²) >= 11 is 0. The van der Waals surface area contributed by atoms with Crippen LogP contribution in [-0.2, 0) is 0 Å². The second-order valence-corrected chi connectivity index (χ2v) is 13.7. The minimum absolute atomic E-state index is 0.0828. The third-order valence-corrected chi connectivity index (χ3v) is 10.3. The first-order valence-electron chi connectivity index (χ1n) is 17.8. The van der Waals surface area contributed by atoms with Gasteiger partial charge < -0.3 is 30.6 Å². The Morgan fingerprint density at radius 1 is 0.293 bits per heavy atom. The van der Waals surface area contributed by atoms with Crippen molar-refractivity contribution >= 4 is 45.4 Å². The number of fused-ring (bicyclic) bond motifs is 2. The van der Waals surface area contributed by atoms with Crippen molar-refractivity contribution in [3.63, 3.8) is 0 Å². The first-order valence-corrected chi connectivity index (χ1v) is 17.8. The normalized spacial score (nSPS) is 11.1. The van der Waals surface area contributed by atoms with Crippen LogP contribution in [-0.4, -0.2) is 54.5 Å². The maximum absolute atomic E-state index is 12.0. The third-order valence-electron chi connectivity index (χ3n) is 10.3. The van der Waals surface area contributed by atoms with Crippen LogP contribution < -0.4 is 0 Å². The molecular formula is C48H30O10. The summed E-state index contributed by atoms with van der Waals surface area (Å²) in [5, 5.41) is 64.4. The van der Waals surface area contributed by atoms with Crippen molar-refractivity contribution in [2.45, 2.75) is 0 Å². The molecule has 0 spiro atoms. The Labute approximate surface area is 329 Å². The number of carboxylic acid groups (broad SMARTS) is 4. The Kier molecular flexibility index (Phi) is 9.14. The van der Waals surface area contributed by atoms with Gasteiger partial charge in [0.15, 0.2) is 0 Å². The molecule has 0 bridgehead atoms. The zero-order valence-corrected chi connectivity index (χ0v) is 30.2. The van der Waals surface area contributed by atoms with E-state index in [-0.39, 0.29) is 33.8 Å². The van der Waals surface area contributed by atoms with E-state index in [1.807, 2.05) is 36.4 Å². The smallest absolute Gasteiger partial charge is 0.335 e. The van der Waals surface area contributed by atoms with Crippen LogP contribution in [0.1, 0.15) is 41.4 Å². The fraction of sp³-hybridized carbons (Fsp3) is 0. The van der Waals surface area contributed by atoms with Gasteiger partial charge >= 0.3 is 23.9 Å². The Balaban J connectivity index is 1.40. The molecule has 0 saturated carbocycles. The average molecular weight is 767 g/mol. The molecule has 0 fully saturated rings. The number of aromatic carboxylic acids is 4. The number of carboxylic acids is 4. The molecule has 0 unspecified atom stereocenters. The summed E-state index contributed by atoms with van der Waals surface area (Å²) < 4.78 is 0. The number of hydrogen-bond donors (Lipinski definition) is 6. The van der Waals surface area contributed by atoms with Gasteiger partial charge in [-0.15, -0.1) is 0 Å². The molecule has 8 aromatic carbocycles. The zero-order valence-electron chi connectivity index (χ0n) is 30.2. The molecule has 0 aliphatic carbocycles. The van der Waals surface area contributed by atoms with Crippen LogP contribution in [0.25, 0.3) is 77.2 Å². The highest BCUT2D eigenvalue weighted by atomic mass is 16.4. The number of phenols is 2. The molecule has 0 saturated heterocycles. The van der Waals surface area contributed by atoms with Gasteiger partial charge in [0.1, 0.15) is 11.5 Å². The molecule has 0 radical (unpaired) electrons. The van der Waals surface area contributed by atoms with Crippen LogP contribution in [0.2, 0.25) is 0 Å². The quantitative estimate of drug-likeness (QED) is 0.0824. The number of hydrogen-bond acceptors (Lipinski definition) is 6. The van der Waals surface area contributed by atoms with Gasteiger partial charge in [0.05, 0.1) is 22.3 Å². The van der Waals surface area contributed by atoms with Crippen LogP contribution in [0.4, 0.5) is 0 Å². The SMILES string of the molecule is O=C(O)c1ccc(-c2ccc3c(-c4c(O)cc(-c5ccc(C(=O)O)cc5)c5cc(-c6ccc(C(=O)O)cc6)ccc45)c(O)cc(-c4ccc(C(=O)O)cc4)c3c2)cc1. The molecule has 0 heterocycles. The molecule has 0 aromatic heterocycles.